The van der Waals surface area contributed by atoms with E-state index in [2.05, 4.69) is 15.4 Å². The third-order valence-electron chi connectivity index (χ3n) is 3.60. The van der Waals surface area contributed by atoms with E-state index in [1.807, 2.05) is 18.5 Å². The van der Waals surface area contributed by atoms with E-state index in [1.54, 1.807) is 29.1 Å². The normalized spacial score (nSPS) is 10.6. The quantitative estimate of drug-likeness (QED) is 0.708. The second-order valence-corrected chi connectivity index (χ2v) is 6.17. The Balaban J connectivity index is 1.69. The van der Waals surface area contributed by atoms with Gasteiger partial charge in [0.1, 0.15) is 0 Å². The number of thiazole rings is 1. The van der Waals surface area contributed by atoms with Gasteiger partial charge in [-0.3, -0.25) is 9.48 Å². The topological polar surface area (TPSA) is 97.1 Å². The highest BCUT2D eigenvalue weighted by molar-refractivity contribution is 7.14. The number of hydrogen-bond acceptors (Lipinski definition) is 5. The minimum atomic E-state index is -1.05. The number of anilines is 1. The van der Waals surface area contributed by atoms with Gasteiger partial charge in [0.2, 0.25) is 5.91 Å². The van der Waals surface area contributed by atoms with Crippen LogP contribution in [0.25, 0.3) is 11.3 Å². The van der Waals surface area contributed by atoms with Crippen molar-refractivity contribution in [2.75, 3.05) is 5.32 Å². The SMILES string of the molecule is CCn1cc(-c2csc(NC(=O)Cc3ccccc3C(=O)O)n2)cn1. The van der Waals surface area contributed by atoms with Crippen LogP contribution < -0.4 is 5.32 Å². The average Bonchev–Trinajstić information content (AvgIpc) is 3.23. The fourth-order valence-electron chi connectivity index (χ4n) is 2.35. The number of nitrogens with one attached hydrogen (secondary N) is 1. The van der Waals surface area contributed by atoms with Gasteiger partial charge in [-0.1, -0.05) is 18.2 Å². The maximum atomic E-state index is 12.2. The van der Waals surface area contributed by atoms with Gasteiger partial charge in [-0.15, -0.1) is 11.3 Å². The molecule has 1 aromatic carbocycles. The van der Waals surface area contributed by atoms with Gasteiger partial charge < -0.3 is 10.4 Å². The molecule has 0 aliphatic carbocycles. The van der Waals surface area contributed by atoms with Gasteiger partial charge in [0.15, 0.2) is 5.13 Å². The van der Waals surface area contributed by atoms with Crippen molar-refractivity contribution >= 4 is 28.3 Å². The van der Waals surface area contributed by atoms with Crippen LogP contribution in [-0.4, -0.2) is 31.7 Å². The lowest BCUT2D eigenvalue weighted by Gasteiger charge is -2.05. The molecule has 128 valence electrons. The first-order valence-electron chi connectivity index (χ1n) is 7.66. The van der Waals surface area contributed by atoms with Crippen molar-refractivity contribution in [1.82, 2.24) is 14.8 Å². The van der Waals surface area contributed by atoms with Crippen LogP contribution in [0.2, 0.25) is 0 Å². The summed E-state index contributed by atoms with van der Waals surface area (Å²) in [7, 11) is 0. The molecule has 0 saturated carbocycles. The van der Waals surface area contributed by atoms with E-state index in [4.69, 9.17) is 0 Å². The minimum absolute atomic E-state index is 0.0227. The highest BCUT2D eigenvalue weighted by atomic mass is 32.1. The highest BCUT2D eigenvalue weighted by Gasteiger charge is 2.14. The lowest BCUT2D eigenvalue weighted by molar-refractivity contribution is -0.115. The van der Waals surface area contributed by atoms with E-state index in [0.717, 1.165) is 17.8 Å². The predicted octanol–water partition coefficient (Wildman–Crippen LogP) is 2.91. The summed E-state index contributed by atoms with van der Waals surface area (Å²) in [4.78, 5) is 27.8. The van der Waals surface area contributed by atoms with E-state index >= 15 is 0 Å². The lowest BCUT2D eigenvalue weighted by atomic mass is 10.0. The van der Waals surface area contributed by atoms with Gasteiger partial charge in [0.05, 0.1) is 23.9 Å². The van der Waals surface area contributed by atoms with Crippen LogP contribution in [0.1, 0.15) is 22.8 Å². The molecule has 3 aromatic rings. The molecule has 2 heterocycles. The van der Waals surface area contributed by atoms with Crippen LogP contribution in [0.15, 0.2) is 42.0 Å². The molecule has 1 amide bonds. The Labute approximate surface area is 148 Å². The number of amides is 1. The first-order chi connectivity index (χ1) is 12.1. The number of nitrogens with zero attached hydrogens (tertiary/aromatic N) is 3. The zero-order valence-corrected chi connectivity index (χ0v) is 14.3. The van der Waals surface area contributed by atoms with E-state index in [1.165, 1.54) is 17.4 Å². The Hall–Kier alpha value is -3.00. The number of aryl methyl sites for hydroxylation is 1. The first kappa shape index (κ1) is 16.8. The lowest BCUT2D eigenvalue weighted by Crippen LogP contribution is -2.16. The summed E-state index contributed by atoms with van der Waals surface area (Å²) in [6, 6.07) is 6.46. The van der Waals surface area contributed by atoms with Gasteiger partial charge in [0, 0.05) is 23.7 Å². The third kappa shape index (κ3) is 3.92. The zero-order valence-electron chi connectivity index (χ0n) is 13.5. The van der Waals surface area contributed by atoms with E-state index < -0.39 is 5.97 Å². The second kappa shape index (κ2) is 7.27. The van der Waals surface area contributed by atoms with Crippen LogP contribution in [0.4, 0.5) is 5.13 Å². The van der Waals surface area contributed by atoms with Crippen LogP contribution in [-0.2, 0) is 17.8 Å². The number of benzene rings is 1. The summed E-state index contributed by atoms with van der Waals surface area (Å²) in [6.07, 6.45) is 3.60. The van der Waals surface area contributed by atoms with Gasteiger partial charge in [-0.25, -0.2) is 9.78 Å². The molecule has 0 radical (unpaired) electrons. The summed E-state index contributed by atoms with van der Waals surface area (Å²) >= 11 is 1.31. The highest BCUT2D eigenvalue weighted by Crippen LogP contribution is 2.24. The molecule has 2 N–H and O–H groups in total. The van der Waals surface area contributed by atoms with Crippen molar-refractivity contribution in [2.24, 2.45) is 0 Å². The summed E-state index contributed by atoms with van der Waals surface area (Å²) in [5.41, 5.74) is 2.22. The van der Waals surface area contributed by atoms with Gasteiger partial charge >= 0.3 is 5.97 Å². The average molecular weight is 356 g/mol. The Morgan fingerprint density at radius 1 is 1.32 bits per heavy atom. The zero-order chi connectivity index (χ0) is 17.8. The van der Waals surface area contributed by atoms with Crippen LogP contribution in [0.5, 0.6) is 0 Å². The number of aromatic carboxylic acids is 1. The number of aromatic nitrogens is 3. The molecule has 0 unspecified atom stereocenters. The first-order valence-corrected chi connectivity index (χ1v) is 8.54. The van der Waals surface area contributed by atoms with Crippen molar-refractivity contribution in [2.45, 2.75) is 19.9 Å². The fourth-order valence-corrected chi connectivity index (χ4v) is 3.09. The molecule has 25 heavy (non-hydrogen) atoms. The fraction of sp³-hybridized carbons (Fsp3) is 0.176. The van der Waals surface area contributed by atoms with Crippen LogP contribution in [0.3, 0.4) is 0 Å². The Morgan fingerprint density at radius 2 is 2.12 bits per heavy atom. The van der Waals surface area contributed by atoms with Crippen molar-refractivity contribution in [1.29, 1.82) is 0 Å². The van der Waals surface area contributed by atoms with Gasteiger partial charge in [-0.2, -0.15) is 5.10 Å². The Bertz CT molecular complexity index is 916. The standard InChI is InChI=1S/C17H16N4O3S/c1-2-21-9-12(8-18-21)14-10-25-17(19-14)20-15(22)7-11-5-3-4-6-13(11)16(23)24/h3-6,8-10H,2,7H2,1H3,(H,23,24)(H,19,20,22). The van der Waals surface area contributed by atoms with Crippen molar-refractivity contribution in [3.63, 3.8) is 0 Å². The summed E-state index contributed by atoms with van der Waals surface area (Å²) < 4.78 is 1.80. The second-order valence-electron chi connectivity index (χ2n) is 5.31. The van der Waals surface area contributed by atoms with Gasteiger partial charge in [0.25, 0.3) is 0 Å². The summed E-state index contributed by atoms with van der Waals surface area (Å²) in [5.74, 6) is -1.35. The van der Waals surface area contributed by atoms with E-state index in [0.29, 0.717) is 10.7 Å². The predicted molar refractivity (Wildman–Crippen MR) is 94.7 cm³/mol. The van der Waals surface area contributed by atoms with Crippen molar-refractivity contribution in [3.05, 3.63) is 53.2 Å². The Morgan fingerprint density at radius 3 is 2.84 bits per heavy atom. The maximum absolute atomic E-state index is 12.2. The summed E-state index contributed by atoms with van der Waals surface area (Å²) in [5, 5.41) is 18.4. The van der Waals surface area contributed by atoms with Crippen LogP contribution >= 0.6 is 11.3 Å². The minimum Gasteiger partial charge on any atom is -0.478 e. The number of carbonyl (C=O) groups is 2. The number of carboxylic acids is 1. The number of rotatable bonds is 6. The number of carboxylic acid groups (broad SMARTS) is 1. The number of carbonyl (C=O) groups excluding carboxylic acids is 1. The molecule has 8 heteroatoms. The monoisotopic (exact) mass is 356 g/mol. The molecule has 0 aliphatic heterocycles. The molecular weight excluding hydrogens is 340 g/mol. The smallest absolute Gasteiger partial charge is 0.335 e. The molecule has 3 rings (SSSR count). The molecule has 0 aliphatic rings. The molecule has 0 spiro atoms. The maximum Gasteiger partial charge on any atom is 0.335 e. The van der Waals surface area contributed by atoms with E-state index in [-0.39, 0.29) is 17.9 Å². The van der Waals surface area contributed by atoms with E-state index in [9.17, 15) is 14.7 Å². The summed E-state index contributed by atoms with van der Waals surface area (Å²) in [6.45, 7) is 2.77. The molecule has 7 nitrogen and oxygen atoms in total. The molecular formula is C17H16N4O3S. The third-order valence-corrected chi connectivity index (χ3v) is 4.36. The molecule has 0 atom stereocenters. The largest absolute Gasteiger partial charge is 0.478 e. The molecule has 0 fully saturated rings. The molecule has 2 aromatic heterocycles. The molecule has 0 saturated heterocycles. The van der Waals surface area contributed by atoms with Crippen molar-refractivity contribution < 1.29 is 14.7 Å². The molecule has 0 bridgehead atoms. The number of hydrogen-bond donors (Lipinski definition) is 2. The van der Waals surface area contributed by atoms with Crippen molar-refractivity contribution in [3.8, 4) is 11.3 Å². The van der Waals surface area contributed by atoms with Crippen LogP contribution in [0, 0.1) is 0 Å². The Kier molecular flexibility index (Phi) is 4.90. The van der Waals surface area contributed by atoms with Gasteiger partial charge in [-0.05, 0) is 18.6 Å².